The van der Waals surface area contributed by atoms with Crippen LogP contribution < -0.4 is 10.6 Å². The Bertz CT molecular complexity index is 1260. The van der Waals surface area contributed by atoms with Crippen LogP contribution in [0.5, 0.6) is 0 Å². The van der Waals surface area contributed by atoms with Crippen molar-refractivity contribution in [1.29, 1.82) is 5.26 Å². The highest BCUT2D eigenvalue weighted by molar-refractivity contribution is 9.10. The summed E-state index contributed by atoms with van der Waals surface area (Å²) in [6.45, 7) is 0. The Hall–Kier alpha value is -4.10. The molecule has 2 aromatic rings. The molecule has 0 radical (unpaired) electrons. The molecule has 0 aliphatic carbocycles. The van der Waals surface area contributed by atoms with Crippen molar-refractivity contribution >= 4 is 39.5 Å². The molecule has 10 heteroatoms. The number of methoxy groups -OCH3 is 3. The lowest BCUT2D eigenvalue weighted by Gasteiger charge is -2.36. The summed E-state index contributed by atoms with van der Waals surface area (Å²) in [5.41, 5.74) is 6.99. The topological polar surface area (TPSA) is 132 Å². The van der Waals surface area contributed by atoms with E-state index < -0.39 is 23.8 Å². The molecule has 2 aromatic carbocycles. The quantitative estimate of drug-likeness (QED) is 0.461. The van der Waals surface area contributed by atoms with Gasteiger partial charge in [-0.25, -0.2) is 14.4 Å². The molecule has 1 atom stereocenters. The van der Waals surface area contributed by atoms with Crippen LogP contribution in [-0.4, -0.2) is 39.2 Å². The number of nitriles is 1. The molecule has 0 aromatic heterocycles. The van der Waals surface area contributed by atoms with E-state index in [4.69, 9.17) is 19.9 Å². The molecule has 9 nitrogen and oxygen atoms in total. The monoisotopic (exact) mass is 525 g/mol. The van der Waals surface area contributed by atoms with Gasteiger partial charge in [0.15, 0.2) is 0 Å². The zero-order valence-electron chi connectivity index (χ0n) is 18.5. The van der Waals surface area contributed by atoms with Gasteiger partial charge in [0.05, 0.1) is 55.7 Å². The van der Waals surface area contributed by atoms with Crippen LogP contribution in [0, 0.1) is 11.3 Å². The van der Waals surface area contributed by atoms with Gasteiger partial charge in [-0.2, -0.15) is 5.26 Å². The van der Waals surface area contributed by atoms with Crippen LogP contribution in [0.3, 0.4) is 0 Å². The van der Waals surface area contributed by atoms with Crippen molar-refractivity contribution in [1.82, 2.24) is 0 Å². The van der Waals surface area contributed by atoms with E-state index >= 15 is 0 Å². The Morgan fingerprint density at radius 2 is 1.59 bits per heavy atom. The van der Waals surface area contributed by atoms with E-state index in [1.165, 1.54) is 24.1 Å². The molecule has 1 unspecified atom stereocenters. The minimum absolute atomic E-state index is 0.00891. The van der Waals surface area contributed by atoms with Gasteiger partial charge in [-0.15, -0.1) is 0 Å². The highest BCUT2D eigenvalue weighted by atomic mass is 79.9. The fraction of sp³-hybridized carbons (Fsp3) is 0.167. The molecular weight excluding hydrogens is 506 g/mol. The Balaban J connectivity index is 2.44. The summed E-state index contributed by atoms with van der Waals surface area (Å²) in [4.78, 5) is 39.5. The standard InChI is InChI=1S/C24H20BrN3O6/c1-32-22(29)14-9-10-16(25)17(11-14)28-20(24(31)34-3)19(23(30)33-2)18(15(12-26)21(28)27)13-7-5-4-6-8-13/h4-11,18H,27H2,1-3H3. The number of anilines is 1. The summed E-state index contributed by atoms with van der Waals surface area (Å²) in [5.74, 6) is -3.48. The lowest BCUT2D eigenvalue weighted by atomic mass is 9.81. The second-order valence-electron chi connectivity index (χ2n) is 6.99. The molecule has 174 valence electrons. The highest BCUT2D eigenvalue weighted by Crippen LogP contribution is 2.44. The Morgan fingerprint density at radius 1 is 0.971 bits per heavy atom. The predicted molar refractivity (Wildman–Crippen MR) is 125 cm³/mol. The number of rotatable bonds is 5. The zero-order valence-corrected chi connectivity index (χ0v) is 20.1. The normalized spacial score (nSPS) is 15.5. The lowest BCUT2D eigenvalue weighted by Crippen LogP contribution is -2.41. The first kappa shape index (κ1) is 24.5. The number of hydrogen-bond acceptors (Lipinski definition) is 9. The third-order valence-corrected chi connectivity index (χ3v) is 5.89. The SMILES string of the molecule is COC(=O)C1=C(C(=O)OC)N(c2cc(C(=O)OC)ccc2Br)C(N)=C(C#N)C1c1ccccc1. The van der Waals surface area contributed by atoms with Crippen molar-refractivity contribution in [3.05, 3.63) is 86.8 Å². The summed E-state index contributed by atoms with van der Waals surface area (Å²) >= 11 is 3.39. The molecule has 0 spiro atoms. The van der Waals surface area contributed by atoms with Crippen molar-refractivity contribution in [3.63, 3.8) is 0 Å². The van der Waals surface area contributed by atoms with Crippen molar-refractivity contribution in [2.75, 3.05) is 26.2 Å². The van der Waals surface area contributed by atoms with E-state index in [1.807, 2.05) is 0 Å². The van der Waals surface area contributed by atoms with E-state index in [2.05, 4.69) is 22.0 Å². The van der Waals surface area contributed by atoms with E-state index in [9.17, 15) is 19.6 Å². The molecule has 1 aliphatic rings. The summed E-state index contributed by atoms with van der Waals surface area (Å²) in [5, 5.41) is 10.1. The highest BCUT2D eigenvalue weighted by Gasteiger charge is 2.43. The number of nitrogens with zero attached hydrogens (tertiary/aromatic N) is 2. The number of esters is 3. The van der Waals surface area contributed by atoms with Crippen LogP contribution >= 0.6 is 15.9 Å². The second-order valence-corrected chi connectivity index (χ2v) is 7.85. The molecular formula is C24H20BrN3O6. The number of hydrogen-bond donors (Lipinski definition) is 1. The molecule has 1 aliphatic heterocycles. The predicted octanol–water partition coefficient (Wildman–Crippen LogP) is 3.13. The molecule has 0 fully saturated rings. The number of carbonyl (C=O) groups excluding carboxylic acids is 3. The maximum atomic E-state index is 13.1. The molecule has 3 rings (SSSR count). The summed E-state index contributed by atoms with van der Waals surface area (Å²) in [7, 11) is 3.55. The largest absolute Gasteiger partial charge is 0.466 e. The molecule has 0 amide bonds. The lowest BCUT2D eigenvalue weighted by molar-refractivity contribution is -0.139. The number of ether oxygens (including phenoxy) is 3. The van der Waals surface area contributed by atoms with Crippen molar-refractivity contribution < 1.29 is 28.6 Å². The fourth-order valence-corrected chi connectivity index (χ4v) is 4.12. The van der Waals surface area contributed by atoms with Gasteiger partial charge in [0.1, 0.15) is 11.5 Å². The van der Waals surface area contributed by atoms with Crippen LogP contribution in [0.25, 0.3) is 0 Å². The van der Waals surface area contributed by atoms with Gasteiger partial charge in [-0.05, 0) is 39.7 Å². The summed E-state index contributed by atoms with van der Waals surface area (Å²) in [6, 6.07) is 15.2. The van der Waals surface area contributed by atoms with Crippen LogP contribution in [0.1, 0.15) is 21.8 Å². The van der Waals surface area contributed by atoms with Crippen molar-refractivity contribution in [2.24, 2.45) is 5.73 Å². The van der Waals surface area contributed by atoms with Gasteiger partial charge < -0.3 is 19.9 Å². The third-order valence-electron chi connectivity index (χ3n) is 5.22. The smallest absolute Gasteiger partial charge is 0.355 e. The van der Waals surface area contributed by atoms with Crippen molar-refractivity contribution in [3.8, 4) is 6.07 Å². The average molecular weight is 526 g/mol. The van der Waals surface area contributed by atoms with Crippen LogP contribution in [-0.2, 0) is 23.8 Å². The van der Waals surface area contributed by atoms with Crippen LogP contribution in [0.15, 0.2) is 75.7 Å². The molecule has 1 heterocycles. The third kappa shape index (κ3) is 4.25. The zero-order chi connectivity index (χ0) is 25.0. The number of halogens is 1. The van der Waals surface area contributed by atoms with E-state index in [0.717, 1.165) is 14.2 Å². The minimum Gasteiger partial charge on any atom is -0.466 e. The van der Waals surface area contributed by atoms with Crippen LogP contribution in [0.4, 0.5) is 5.69 Å². The first-order chi connectivity index (χ1) is 16.3. The maximum Gasteiger partial charge on any atom is 0.355 e. The van der Waals surface area contributed by atoms with Crippen LogP contribution in [0.2, 0.25) is 0 Å². The molecule has 0 saturated heterocycles. The first-order valence-corrected chi connectivity index (χ1v) is 10.6. The molecule has 2 N–H and O–H groups in total. The van der Waals surface area contributed by atoms with Gasteiger partial charge >= 0.3 is 17.9 Å². The van der Waals surface area contributed by atoms with E-state index in [0.29, 0.717) is 10.0 Å². The summed E-state index contributed by atoms with van der Waals surface area (Å²) < 4.78 is 15.2. The van der Waals surface area contributed by atoms with E-state index in [1.54, 1.807) is 36.4 Å². The van der Waals surface area contributed by atoms with E-state index in [-0.39, 0.29) is 33.9 Å². The van der Waals surface area contributed by atoms with Crippen molar-refractivity contribution in [2.45, 2.75) is 5.92 Å². The second kappa shape index (κ2) is 10.2. The molecule has 0 saturated carbocycles. The van der Waals surface area contributed by atoms with Gasteiger partial charge in [0, 0.05) is 4.47 Å². The number of carbonyl (C=O) groups is 3. The van der Waals surface area contributed by atoms with Gasteiger partial charge in [-0.1, -0.05) is 30.3 Å². The Kier molecular flexibility index (Phi) is 7.38. The fourth-order valence-electron chi connectivity index (χ4n) is 3.69. The van der Waals surface area contributed by atoms with Gasteiger partial charge in [0.2, 0.25) is 0 Å². The maximum absolute atomic E-state index is 13.1. The number of benzene rings is 2. The number of allylic oxidation sites excluding steroid dienone is 1. The average Bonchev–Trinajstić information content (AvgIpc) is 2.87. The van der Waals surface area contributed by atoms with Gasteiger partial charge in [-0.3, -0.25) is 4.90 Å². The number of nitrogens with two attached hydrogens (primary N) is 1. The van der Waals surface area contributed by atoms with Gasteiger partial charge in [0.25, 0.3) is 0 Å². The molecule has 0 bridgehead atoms. The minimum atomic E-state index is -0.994. The molecule has 34 heavy (non-hydrogen) atoms. The Morgan fingerprint density at radius 3 is 2.15 bits per heavy atom. The summed E-state index contributed by atoms with van der Waals surface area (Å²) in [6.07, 6.45) is 0. The Labute approximate surface area is 204 Å². The first-order valence-electron chi connectivity index (χ1n) is 9.84.